The van der Waals surface area contributed by atoms with Crippen molar-refractivity contribution in [2.24, 2.45) is 5.41 Å². The molecule has 2 fully saturated rings. The molecule has 2 aliphatic rings. The Balaban J connectivity index is 1.77. The Morgan fingerprint density at radius 2 is 2.07 bits per heavy atom. The standard InChI is InChI=1S/C11H14FN3/c12-9-3-8(13)1-2-10(9)15-6-11(7-15)4-14-5-11/h1-3,14H,4-7,13H2. The molecule has 0 aromatic heterocycles. The summed E-state index contributed by atoms with van der Waals surface area (Å²) in [5, 5.41) is 3.26. The highest BCUT2D eigenvalue weighted by atomic mass is 19.1. The Morgan fingerprint density at radius 3 is 2.60 bits per heavy atom. The van der Waals surface area contributed by atoms with Crippen LogP contribution in [0.3, 0.4) is 0 Å². The highest BCUT2D eigenvalue weighted by molar-refractivity contribution is 5.56. The number of rotatable bonds is 1. The molecule has 1 spiro atoms. The summed E-state index contributed by atoms with van der Waals surface area (Å²) in [5.74, 6) is -0.211. The smallest absolute Gasteiger partial charge is 0.148 e. The zero-order chi connectivity index (χ0) is 10.5. The van der Waals surface area contributed by atoms with Gasteiger partial charge in [-0.05, 0) is 18.2 Å². The van der Waals surface area contributed by atoms with E-state index in [1.54, 1.807) is 12.1 Å². The van der Waals surface area contributed by atoms with Crippen LogP contribution in [0.25, 0.3) is 0 Å². The molecule has 0 aliphatic carbocycles. The van der Waals surface area contributed by atoms with Gasteiger partial charge in [0, 0.05) is 37.3 Å². The fourth-order valence-corrected chi connectivity index (χ4v) is 2.42. The molecule has 3 N–H and O–H groups in total. The van der Waals surface area contributed by atoms with Crippen molar-refractivity contribution in [1.29, 1.82) is 0 Å². The Labute approximate surface area is 88.1 Å². The minimum atomic E-state index is -0.211. The predicted octanol–water partition coefficient (Wildman–Crippen LogP) is 0.817. The lowest BCUT2D eigenvalue weighted by Crippen LogP contribution is -2.71. The average molecular weight is 207 g/mol. The third-order valence-electron chi connectivity index (χ3n) is 3.36. The van der Waals surface area contributed by atoms with Gasteiger partial charge in [-0.25, -0.2) is 4.39 Å². The van der Waals surface area contributed by atoms with E-state index in [2.05, 4.69) is 10.2 Å². The molecule has 3 nitrogen and oxygen atoms in total. The van der Waals surface area contributed by atoms with Gasteiger partial charge in [0.05, 0.1) is 5.69 Å². The Morgan fingerprint density at radius 1 is 1.33 bits per heavy atom. The zero-order valence-corrected chi connectivity index (χ0v) is 8.46. The molecule has 0 atom stereocenters. The first-order valence-corrected chi connectivity index (χ1v) is 5.19. The highest BCUT2D eigenvalue weighted by Gasteiger charge is 2.47. The summed E-state index contributed by atoms with van der Waals surface area (Å²) in [6.45, 7) is 4.06. The van der Waals surface area contributed by atoms with E-state index in [1.807, 2.05) is 0 Å². The number of hydrogen-bond acceptors (Lipinski definition) is 3. The first-order valence-electron chi connectivity index (χ1n) is 5.19. The molecule has 3 rings (SSSR count). The minimum absolute atomic E-state index is 0.211. The third-order valence-corrected chi connectivity index (χ3v) is 3.36. The summed E-state index contributed by atoms with van der Waals surface area (Å²) in [4.78, 5) is 2.08. The molecule has 1 aromatic carbocycles. The first-order chi connectivity index (χ1) is 7.19. The average Bonchev–Trinajstić information content (AvgIpc) is 2.03. The maximum atomic E-state index is 13.6. The van der Waals surface area contributed by atoms with Crippen molar-refractivity contribution in [1.82, 2.24) is 5.32 Å². The summed E-state index contributed by atoms with van der Waals surface area (Å²) >= 11 is 0. The highest BCUT2D eigenvalue weighted by Crippen LogP contribution is 2.38. The maximum absolute atomic E-state index is 13.6. The normalized spacial score (nSPS) is 22.3. The van der Waals surface area contributed by atoms with Crippen LogP contribution in [-0.4, -0.2) is 26.2 Å². The van der Waals surface area contributed by atoms with E-state index >= 15 is 0 Å². The number of nitrogens with zero attached hydrogens (tertiary/aromatic N) is 1. The van der Waals surface area contributed by atoms with E-state index in [4.69, 9.17) is 5.73 Å². The van der Waals surface area contributed by atoms with Crippen molar-refractivity contribution in [3.05, 3.63) is 24.0 Å². The molecule has 0 unspecified atom stereocenters. The largest absolute Gasteiger partial charge is 0.399 e. The van der Waals surface area contributed by atoms with Crippen LogP contribution in [0.4, 0.5) is 15.8 Å². The molecule has 0 bridgehead atoms. The fraction of sp³-hybridized carbons (Fsp3) is 0.455. The van der Waals surface area contributed by atoms with Gasteiger partial charge in [-0.2, -0.15) is 0 Å². The lowest BCUT2D eigenvalue weighted by atomic mass is 9.74. The van der Waals surface area contributed by atoms with Crippen LogP contribution in [-0.2, 0) is 0 Å². The van der Waals surface area contributed by atoms with Crippen LogP contribution in [0.1, 0.15) is 0 Å². The molecule has 0 saturated carbocycles. The number of anilines is 2. The first kappa shape index (κ1) is 8.97. The van der Waals surface area contributed by atoms with Crippen molar-refractivity contribution in [3.8, 4) is 0 Å². The molecular formula is C11H14FN3. The number of benzene rings is 1. The van der Waals surface area contributed by atoms with Crippen LogP contribution < -0.4 is 16.0 Å². The van der Waals surface area contributed by atoms with Gasteiger partial charge in [0.15, 0.2) is 0 Å². The van der Waals surface area contributed by atoms with E-state index < -0.39 is 0 Å². The second kappa shape index (κ2) is 2.85. The summed E-state index contributed by atoms with van der Waals surface area (Å²) in [6.07, 6.45) is 0. The molecular weight excluding hydrogens is 193 g/mol. The summed E-state index contributed by atoms with van der Waals surface area (Å²) in [5.41, 5.74) is 7.10. The molecule has 1 aromatic rings. The van der Waals surface area contributed by atoms with Crippen LogP contribution in [0, 0.1) is 11.2 Å². The topological polar surface area (TPSA) is 41.3 Å². The van der Waals surface area contributed by atoms with E-state index in [9.17, 15) is 4.39 Å². The molecule has 0 radical (unpaired) electrons. The lowest BCUT2D eigenvalue weighted by molar-refractivity contribution is 0.120. The summed E-state index contributed by atoms with van der Waals surface area (Å²) in [7, 11) is 0. The second-order valence-corrected chi connectivity index (χ2v) is 4.67. The molecule has 80 valence electrons. The van der Waals surface area contributed by atoms with E-state index in [1.165, 1.54) is 6.07 Å². The molecule has 2 saturated heterocycles. The van der Waals surface area contributed by atoms with E-state index in [-0.39, 0.29) is 5.82 Å². The van der Waals surface area contributed by atoms with Gasteiger partial charge in [0.2, 0.25) is 0 Å². The Kier molecular flexibility index (Phi) is 1.71. The van der Waals surface area contributed by atoms with Crippen LogP contribution in [0.2, 0.25) is 0 Å². The van der Waals surface area contributed by atoms with Crippen molar-refractivity contribution in [2.75, 3.05) is 36.8 Å². The van der Waals surface area contributed by atoms with Crippen LogP contribution in [0.15, 0.2) is 18.2 Å². The summed E-state index contributed by atoms with van der Waals surface area (Å²) < 4.78 is 13.6. The minimum Gasteiger partial charge on any atom is -0.399 e. The van der Waals surface area contributed by atoms with Crippen molar-refractivity contribution < 1.29 is 4.39 Å². The second-order valence-electron chi connectivity index (χ2n) is 4.67. The van der Waals surface area contributed by atoms with Crippen LogP contribution in [0.5, 0.6) is 0 Å². The van der Waals surface area contributed by atoms with Gasteiger partial charge < -0.3 is 16.0 Å². The quantitative estimate of drug-likeness (QED) is 0.670. The van der Waals surface area contributed by atoms with Gasteiger partial charge in [0.1, 0.15) is 5.82 Å². The van der Waals surface area contributed by atoms with Gasteiger partial charge in [-0.1, -0.05) is 0 Å². The van der Waals surface area contributed by atoms with Gasteiger partial charge in [-0.15, -0.1) is 0 Å². The molecule has 2 heterocycles. The van der Waals surface area contributed by atoms with Gasteiger partial charge >= 0.3 is 0 Å². The number of nitrogen functional groups attached to an aromatic ring is 1. The number of nitrogens with one attached hydrogen (secondary N) is 1. The lowest BCUT2D eigenvalue weighted by Gasteiger charge is -2.57. The zero-order valence-electron chi connectivity index (χ0n) is 8.46. The maximum Gasteiger partial charge on any atom is 0.148 e. The Hall–Kier alpha value is -1.29. The molecule has 0 amide bonds. The fourth-order valence-electron chi connectivity index (χ4n) is 2.42. The Bertz CT molecular complexity index is 393. The third kappa shape index (κ3) is 1.28. The molecule has 2 aliphatic heterocycles. The van der Waals surface area contributed by atoms with Crippen molar-refractivity contribution >= 4 is 11.4 Å². The van der Waals surface area contributed by atoms with Crippen molar-refractivity contribution in [3.63, 3.8) is 0 Å². The monoisotopic (exact) mass is 207 g/mol. The summed E-state index contributed by atoms with van der Waals surface area (Å²) in [6, 6.07) is 4.91. The van der Waals surface area contributed by atoms with Gasteiger partial charge in [-0.3, -0.25) is 0 Å². The van der Waals surface area contributed by atoms with Gasteiger partial charge in [0.25, 0.3) is 0 Å². The molecule has 15 heavy (non-hydrogen) atoms. The van der Waals surface area contributed by atoms with Crippen molar-refractivity contribution in [2.45, 2.75) is 0 Å². The predicted molar refractivity (Wildman–Crippen MR) is 58.3 cm³/mol. The number of hydrogen-bond donors (Lipinski definition) is 2. The molecule has 4 heteroatoms. The number of halogens is 1. The van der Waals surface area contributed by atoms with E-state index in [0.29, 0.717) is 16.8 Å². The number of nitrogens with two attached hydrogens (primary N) is 1. The van der Waals surface area contributed by atoms with E-state index in [0.717, 1.165) is 26.2 Å². The van der Waals surface area contributed by atoms with Crippen LogP contribution >= 0.6 is 0 Å². The SMILES string of the molecule is Nc1ccc(N2CC3(CNC3)C2)c(F)c1.